The van der Waals surface area contributed by atoms with Gasteiger partial charge in [0.15, 0.2) is 0 Å². The molecule has 1 heteroatoms. The summed E-state index contributed by atoms with van der Waals surface area (Å²) in [6.07, 6.45) is 20.5. The Labute approximate surface area is 186 Å². The van der Waals surface area contributed by atoms with Crippen LogP contribution in [0.4, 0.5) is 0 Å². The van der Waals surface area contributed by atoms with Gasteiger partial charge in [0.05, 0.1) is 0 Å². The predicted molar refractivity (Wildman–Crippen MR) is 129 cm³/mol. The summed E-state index contributed by atoms with van der Waals surface area (Å²) in [5.74, 6) is 3.45. The largest absolute Gasteiger partial charge is 0.123 e. The first-order chi connectivity index (χ1) is 14.2. The molecular formula is C28H45Cl. The van der Waals surface area contributed by atoms with Gasteiger partial charge in [0, 0.05) is 5.38 Å². The molecule has 0 aliphatic heterocycles. The van der Waals surface area contributed by atoms with Crippen LogP contribution in [0, 0.1) is 17.8 Å². The van der Waals surface area contributed by atoms with Crippen molar-refractivity contribution in [3.63, 3.8) is 0 Å². The normalized spacial score (nSPS) is 28.9. The molecule has 0 spiro atoms. The third-order valence-electron chi connectivity index (χ3n) is 8.03. The van der Waals surface area contributed by atoms with Crippen molar-refractivity contribution in [1.29, 1.82) is 0 Å². The molecule has 164 valence electrons. The van der Waals surface area contributed by atoms with Gasteiger partial charge >= 0.3 is 0 Å². The zero-order valence-electron chi connectivity index (χ0n) is 19.2. The lowest BCUT2D eigenvalue weighted by atomic mass is 9.73. The number of hydrogen-bond acceptors (Lipinski definition) is 0. The summed E-state index contributed by atoms with van der Waals surface area (Å²) in [5.41, 5.74) is 3.11. The maximum absolute atomic E-state index is 6.94. The Kier molecular flexibility index (Phi) is 9.90. The molecule has 3 rings (SSSR count). The van der Waals surface area contributed by atoms with E-state index in [4.69, 9.17) is 11.6 Å². The molecule has 0 radical (unpaired) electrons. The molecule has 0 amide bonds. The number of rotatable bonds is 10. The Hall–Kier alpha value is -0.490. The Morgan fingerprint density at radius 1 is 0.793 bits per heavy atom. The molecule has 0 bridgehead atoms. The van der Waals surface area contributed by atoms with Crippen molar-refractivity contribution in [2.75, 3.05) is 0 Å². The van der Waals surface area contributed by atoms with E-state index in [1.54, 1.807) is 5.56 Å². The summed E-state index contributed by atoms with van der Waals surface area (Å²) >= 11 is 6.94. The summed E-state index contributed by atoms with van der Waals surface area (Å²) in [7, 11) is 0. The van der Waals surface area contributed by atoms with Crippen LogP contribution in [0.5, 0.6) is 0 Å². The van der Waals surface area contributed by atoms with E-state index < -0.39 is 0 Å². The molecular weight excluding hydrogens is 372 g/mol. The Morgan fingerprint density at radius 3 is 2.07 bits per heavy atom. The molecule has 2 aliphatic rings. The molecule has 2 fully saturated rings. The highest BCUT2D eigenvalue weighted by atomic mass is 35.5. The standard InChI is InChI=1S/C28H45Cl/c1-3-5-6-8-23-9-15-25(16-10-23)26-17-13-24(14-18-26)21-28(29)27-19-11-22(7-4-2)12-20-27/h9-10,15-16,22,24,26-28H,3-8,11-14,17-21H2,1-2H3/t22-,24-,26-,27-,28?. The first-order valence-electron chi connectivity index (χ1n) is 12.9. The Morgan fingerprint density at radius 2 is 1.45 bits per heavy atom. The topological polar surface area (TPSA) is 0 Å². The van der Waals surface area contributed by atoms with Gasteiger partial charge < -0.3 is 0 Å². The fourth-order valence-corrected chi connectivity index (χ4v) is 6.53. The number of hydrogen-bond donors (Lipinski definition) is 0. The van der Waals surface area contributed by atoms with Crippen LogP contribution in [0.2, 0.25) is 0 Å². The maximum Gasteiger partial charge on any atom is 0.0366 e. The van der Waals surface area contributed by atoms with Gasteiger partial charge in [0.2, 0.25) is 0 Å². The van der Waals surface area contributed by atoms with Crippen molar-refractivity contribution in [2.45, 2.75) is 121 Å². The van der Waals surface area contributed by atoms with Crippen LogP contribution in [0.25, 0.3) is 0 Å². The fraction of sp³-hybridized carbons (Fsp3) is 0.786. The second-order valence-corrected chi connectivity index (χ2v) is 10.8. The van der Waals surface area contributed by atoms with Crippen LogP contribution in [0.15, 0.2) is 24.3 Å². The first kappa shape index (κ1) is 23.2. The molecule has 29 heavy (non-hydrogen) atoms. The van der Waals surface area contributed by atoms with Gasteiger partial charge in [0.25, 0.3) is 0 Å². The van der Waals surface area contributed by atoms with Crippen molar-refractivity contribution in [3.05, 3.63) is 35.4 Å². The highest BCUT2D eigenvalue weighted by Crippen LogP contribution is 2.41. The van der Waals surface area contributed by atoms with E-state index in [1.807, 2.05) is 0 Å². The number of alkyl halides is 1. The summed E-state index contributed by atoms with van der Waals surface area (Å²) in [6, 6.07) is 9.62. The van der Waals surface area contributed by atoms with Gasteiger partial charge in [-0.3, -0.25) is 0 Å². The second kappa shape index (κ2) is 12.4. The van der Waals surface area contributed by atoms with Crippen LogP contribution in [0.3, 0.4) is 0 Å². The third kappa shape index (κ3) is 7.30. The number of benzene rings is 1. The molecule has 2 aliphatic carbocycles. The van der Waals surface area contributed by atoms with Crippen molar-refractivity contribution in [2.24, 2.45) is 17.8 Å². The lowest BCUT2D eigenvalue weighted by molar-refractivity contribution is 0.228. The summed E-state index contributed by atoms with van der Waals surface area (Å²) in [6.45, 7) is 4.61. The van der Waals surface area contributed by atoms with Crippen LogP contribution < -0.4 is 0 Å². The number of aryl methyl sites for hydroxylation is 1. The molecule has 0 heterocycles. The highest BCUT2D eigenvalue weighted by molar-refractivity contribution is 6.20. The smallest absolute Gasteiger partial charge is 0.0366 e. The van der Waals surface area contributed by atoms with Gasteiger partial charge in [-0.15, -0.1) is 11.6 Å². The van der Waals surface area contributed by atoms with Crippen LogP contribution in [0.1, 0.15) is 121 Å². The summed E-state index contributed by atoms with van der Waals surface area (Å²) < 4.78 is 0. The van der Waals surface area contributed by atoms with Crippen molar-refractivity contribution in [1.82, 2.24) is 0 Å². The van der Waals surface area contributed by atoms with Gasteiger partial charge in [-0.1, -0.05) is 76.6 Å². The average molecular weight is 417 g/mol. The molecule has 0 nitrogen and oxygen atoms in total. The van der Waals surface area contributed by atoms with E-state index in [2.05, 4.69) is 38.1 Å². The molecule has 1 aromatic rings. The molecule has 0 N–H and O–H groups in total. The monoisotopic (exact) mass is 416 g/mol. The van der Waals surface area contributed by atoms with E-state index in [0.717, 1.165) is 23.7 Å². The molecule has 2 saturated carbocycles. The summed E-state index contributed by atoms with van der Waals surface area (Å²) in [4.78, 5) is 0. The lowest BCUT2D eigenvalue weighted by Crippen LogP contribution is -2.25. The zero-order chi connectivity index (χ0) is 20.5. The SMILES string of the molecule is CCCCCc1ccc([C@H]2CC[C@H](CC(Cl)[C@H]3CC[C@H](CCC)CC3)CC2)cc1. The van der Waals surface area contributed by atoms with E-state index in [1.165, 1.54) is 102 Å². The second-order valence-electron chi connectivity index (χ2n) is 10.2. The van der Waals surface area contributed by atoms with Gasteiger partial charge in [-0.2, -0.15) is 0 Å². The first-order valence-corrected chi connectivity index (χ1v) is 13.4. The minimum atomic E-state index is 0.432. The van der Waals surface area contributed by atoms with Crippen molar-refractivity contribution >= 4 is 11.6 Å². The quantitative estimate of drug-likeness (QED) is 0.263. The summed E-state index contributed by atoms with van der Waals surface area (Å²) in [5, 5.41) is 0.432. The molecule has 0 aromatic heterocycles. The van der Waals surface area contributed by atoms with Gasteiger partial charge in [-0.05, 0) is 92.6 Å². The maximum atomic E-state index is 6.94. The van der Waals surface area contributed by atoms with E-state index in [9.17, 15) is 0 Å². The van der Waals surface area contributed by atoms with E-state index in [0.29, 0.717) is 5.38 Å². The fourth-order valence-electron chi connectivity index (χ4n) is 6.02. The lowest BCUT2D eigenvalue weighted by Gasteiger charge is -2.35. The van der Waals surface area contributed by atoms with Crippen molar-refractivity contribution < 1.29 is 0 Å². The van der Waals surface area contributed by atoms with Gasteiger partial charge in [0.1, 0.15) is 0 Å². The molecule has 1 unspecified atom stereocenters. The van der Waals surface area contributed by atoms with E-state index >= 15 is 0 Å². The Bertz CT molecular complexity index is 546. The van der Waals surface area contributed by atoms with Gasteiger partial charge in [-0.25, -0.2) is 0 Å². The molecule has 0 saturated heterocycles. The minimum absolute atomic E-state index is 0.432. The highest BCUT2D eigenvalue weighted by Gasteiger charge is 2.30. The van der Waals surface area contributed by atoms with Crippen LogP contribution in [-0.2, 0) is 6.42 Å². The predicted octanol–water partition coefficient (Wildman–Crippen LogP) is 9.30. The minimum Gasteiger partial charge on any atom is -0.123 e. The van der Waals surface area contributed by atoms with Crippen LogP contribution >= 0.6 is 11.6 Å². The van der Waals surface area contributed by atoms with Crippen molar-refractivity contribution in [3.8, 4) is 0 Å². The zero-order valence-corrected chi connectivity index (χ0v) is 19.9. The Balaban J connectivity index is 1.38. The van der Waals surface area contributed by atoms with E-state index in [-0.39, 0.29) is 0 Å². The third-order valence-corrected chi connectivity index (χ3v) is 8.56. The van der Waals surface area contributed by atoms with Crippen LogP contribution in [-0.4, -0.2) is 5.38 Å². The molecule has 1 atom stereocenters. The number of halogens is 1. The number of unbranched alkanes of at least 4 members (excludes halogenated alkanes) is 2. The molecule has 1 aromatic carbocycles. The average Bonchev–Trinajstić information content (AvgIpc) is 2.76.